The van der Waals surface area contributed by atoms with Gasteiger partial charge in [0.25, 0.3) is 0 Å². The number of H-pyrrole nitrogens is 2. The van der Waals surface area contributed by atoms with E-state index in [2.05, 4.69) is 37.7 Å². The maximum absolute atomic E-state index is 12.5. The number of amides is 1. The summed E-state index contributed by atoms with van der Waals surface area (Å²) < 4.78 is 0. The average molecular weight is 361 g/mol. The molecule has 2 aromatic heterocycles. The Hall–Kier alpha value is -2.38. The van der Waals surface area contributed by atoms with Gasteiger partial charge in [-0.1, -0.05) is 6.07 Å². The number of hydrogen-bond donors (Lipinski definition) is 3. The summed E-state index contributed by atoms with van der Waals surface area (Å²) in [5.74, 6) is 0.717. The average Bonchev–Trinajstić information content (AvgIpc) is 3.25. The zero-order chi connectivity index (χ0) is 16.5. The van der Waals surface area contributed by atoms with Crippen molar-refractivity contribution in [1.29, 1.82) is 0 Å². The first-order valence-corrected chi connectivity index (χ1v) is 8.17. The first-order valence-electron chi connectivity index (χ1n) is 8.17. The number of benzene rings is 1. The summed E-state index contributed by atoms with van der Waals surface area (Å²) >= 11 is 0. The van der Waals surface area contributed by atoms with Crippen LogP contribution in [0.15, 0.2) is 30.6 Å². The molecule has 1 amide bonds. The number of rotatable bonds is 3. The summed E-state index contributed by atoms with van der Waals surface area (Å²) in [5.41, 5.74) is 2.94. The maximum atomic E-state index is 12.5. The van der Waals surface area contributed by atoms with Gasteiger partial charge >= 0.3 is 0 Å². The summed E-state index contributed by atoms with van der Waals surface area (Å²) in [4.78, 5) is 14.8. The topological polar surface area (TPSA) is 89.7 Å². The number of aromatic amines is 2. The first-order chi connectivity index (χ1) is 11.7. The Morgan fingerprint density at radius 1 is 1.28 bits per heavy atom. The fourth-order valence-corrected chi connectivity index (χ4v) is 3.19. The molecular weight excluding hydrogens is 340 g/mol. The third kappa shape index (κ3) is 3.52. The Labute approximate surface area is 151 Å². The molecule has 0 radical (unpaired) electrons. The van der Waals surface area contributed by atoms with Crippen LogP contribution < -0.4 is 5.32 Å². The van der Waals surface area contributed by atoms with Gasteiger partial charge in [0.1, 0.15) is 0 Å². The minimum absolute atomic E-state index is 0. The van der Waals surface area contributed by atoms with Crippen molar-refractivity contribution < 1.29 is 4.79 Å². The predicted octanol–water partition coefficient (Wildman–Crippen LogP) is 2.66. The van der Waals surface area contributed by atoms with Crippen LogP contribution >= 0.6 is 12.4 Å². The van der Waals surface area contributed by atoms with Gasteiger partial charge in [-0.25, -0.2) is 0 Å². The van der Waals surface area contributed by atoms with E-state index in [-0.39, 0.29) is 24.2 Å². The summed E-state index contributed by atoms with van der Waals surface area (Å²) in [7, 11) is 2.09. The van der Waals surface area contributed by atoms with E-state index in [4.69, 9.17) is 0 Å². The third-order valence-corrected chi connectivity index (χ3v) is 4.73. The minimum atomic E-state index is 0. The lowest BCUT2D eigenvalue weighted by Crippen LogP contribution is -2.36. The molecule has 3 aromatic rings. The maximum Gasteiger partial charge on any atom is 0.228 e. The molecule has 0 bridgehead atoms. The molecule has 132 valence electrons. The van der Waals surface area contributed by atoms with Crippen molar-refractivity contribution >= 4 is 35.0 Å². The van der Waals surface area contributed by atoms with Gasteiger partial charge in [-0.2, -0.15) is 10.2 Å². The molecule has 7 nitrogen and oxygen atoms in total. The number of hydrogen-bond acceptors (Lipinski definition) is 4. The molecule has 1 fully saturated rings. The highest BCUT2D eigenvalue weighted by Gasteiger charge is 2.24. The number of carbonyl (C=O) groups excluding carboxylic acids is 1. The van der Waals surface area contributed by atoms with Gasteiger partial charge < -0.3 is 10.2 Å². The van der Waals surface area contributed by atoms with Gasteiger partial charge in [-0.3, -0.25) is 15.0 Å². The van der Waals surface area contributed by atoms with Crippen molar-refractivity contribution in [3.05, 3.63) is 30.6 Å². The second-order valence-corrected chi connectivity index (χ2v) is 6.39. The molecular formula is C17H21ClN6O. The Balaban J connectivity index is 0.00000182. The standard InChI is InChI=1S/C17H20N6O.ClH/c1-23-6-4-11(5-7-23)17(24)20-16-14-8-12(13-9-18-19-10-13)2-3-15(14)21-22-16;/h2-3,8-11H,4-7H2,1H3,(H,18,19)(H2,20,21,22,24);1H. The lowest BCUT2D eigenvalue weighted by atomic mass is 9.96. The van der Waals surface area contributed by atoms with Gasteiger partial charge in [-0.05, 0) is 50.7 Å². The van der Waals surface area contributed by atoms with Crippen LogP contribution in [0.5, 0.6) is 0 Å². The van der Waals surface area contributed by atoms with Crippen molar-refractivity contribution in [1.82, 2.24) is 25.3 Å². The fraction of sp³-hybridized carbons (Fsp3) is 0.353. The number of anilines is 1. The van der Waals surface area contributed by atoms with E-state index in [1.165, 1.54) is 0 Å². The minimum Gasteiger partial charge on any atom is -0.308 e. The number of nitrogens with zero attached hydrogens (tertiary/aromatic N) is 3. The van der Waals surface area contributed by atoms with Crippen LogP contribution in [0.25, 0.3) is 22.0 Å². The monoisotopic (exact) mass is 360 g/mol. The molecule has 25 heavy (non-hydrogen) atoms. The van der Waals surface area contributed by atoms with Gasteiger partial charge in [0.15, 0.2) is 5.82 Å². The van der Waals surface area contributed by atoms with E-state index < -0.39 is 0 Å². The van der Waals surface area contributed by atoms with Crippen molar-refractivity contribution in [2.24, 2.45) is 5.92 Å². The van der Waals surface area contributed by atoms with E-state index in [0.717, 1.165) is 48.0 Å². The fourth-order valence-electron chi connectivity index (χ4n) is 3.19. The van der Waals surface area contributed by atoms with Crippen LogP contribution in [0.1, 0.15) is 12.8 Å². The van der Waals surface area contributed by atoms with Crippen molar-refractivity contribution in [2.75, 3.05) is 25.5 Å². The molecule has 3 N–H and O–H groups in total. The number of likely N-dealkylation sites (tertiary alicyclic amines) is 1. The third-order valence-electron chi connectivity index (χ3n) is 4.73. The Bertz CT molecular complexity index is 851. The van der Waals surface area contributed by atoms with E-state index in [9.17, 15) is 4.79 Å². The number of halogens is 1. The van der Waals surface area contributed by atoms with Crippen molar-refractivity contribution in [3.63, 3.8) is 0 Å². The van der Waals surface area contributed by atoms with E-state index in [1.54, 1.807) is 6.20 Å². The Morgan fingerprint density at radius 2 is 2.08 bits per heavy atom. The first kappa shape index (κ1) is 17.4. The molecule has 0 saturated carbocycles. The second kappa shape index (κ2) is 7.25. The lowest BCUT2D eigenvalue weighted by molar-refractivity contribution is -0.121. The van der Waals surface area contributed by atoms with Gasteiger partial charge in [0, 0.05) is 23.1 Å². The molecule has 1 aliphatic heterocycles. The van der Waals surface area contributed by atoms with E-state index >= 15 is 0 Å². The number of aromatic nitrogens is 4. The summed E-state index contributed by atoms with van der Waals surface area (Å²) in [6.45, 7) is 1.92. The van der Waals surface area contributed by atoms with Crippen LogP contribution in [-0.4, -0.2) is 51.3 Å². The second-order valence-electron chi connectivity index (χ2n) is 6.39. The smallest absolute Gasteiger partial charge is 0.228 e. The van der Waals surface area contributed by atoms with Crippen molar-refractivity contribution in [2.45, 2.75) is 12.8 Å². The van der Waals surface area contributed by atoms with Gasteiger partial charge in [0.05, 0.1) is 11.7 Å². The van der Waals surface area contributed by atoms with Gasteiger partial charge in [0.2, 0.25) is 5.91 Å². The highest BCUT2D eigenvalue weighted by molar-refractivity contribution is 6.01. The van der Waals surface area contributed by atoms with E-state index in [0.29, 0.717) is 5.82 Å². The number of fused-ring (bicyclic) bond motifs is 1. The SMILES string of the molecule is CN1CCC(C(=O)Nc2n[nH]c3ccc(-c4cn[nH]c4)cc23)CC1.Cl. The zero-order valence-corrected chi connectivity index (χ0v) is 14.8. The molecule has 0 atom stereocenters. The highest BCUT2D eigenvalue weighted by atomic mass is 35.5. The van der Waals surface area contributed by atoms with Crippen LogP contribution in [0.3, 0.4) is 0 Å². The quantitative estimate of drug-likeness (QED) is 0.669. The predicted molar refractivity (Wildman–Crippen MR) is 99.8 cm³/mol. The summed E-state index contributed by atoms with van der Waals surface area (Å²) in [6.07, 6.45) is 5.41. The van der Waals surface area contributed by atoms with Crippen LogP contribution in [0, 0.1) is 5.92 Å². The van der Waals surface area contributed by atoms with Crippen LogP contribution in [0.4, 0.5) is 5.82 Å². The molecule has 3 heterocycles. The number of carbonyl (C=O) groups is 1. The Morgan fingerprint density at radius 3 is 2.80 bits per heavy atom. The van der Waals surface area contributed by atoms with Gasteiger partial charge in [-0.15, -0.1) is 12.4 Å². The largest absolute Gasteiger partial charge is 0.308 e. The molecule has 0 spiro atoms. The highest BCUT2D eigenvalue weighted by Crippen LogP contribution is 2.28. The summed E-state index contributed by atoms with van der Waals surface area (Å²) in [6, 6.07) is 6.00. The van der Waals surface area contributed by atoms with Crippen LogP contribution in [0.2, 0.25) is 0 Å². The molecule has 8 heteroatoms. The van der Waals surface area contributed by atoms with Crippen LogP contribution in [-0.2, 0) is 4.79 Å². The molecule has 1 aromatic carbocycles. The molecule has 4 rings (SSSR count). The Kier molecular flexibility index (Phi) is 5.06. The summed E-state index contributed by atoms with van der Waals surface area (Å²) in [5, 5.41) is 18.0. The normalized spacial score (nSPS) is 15.9. The molecule has 0 aliphatic carbocycles. The zero-order valence-electron chi connectivity index (χ0n) is 14.0. The molecule has 1 aliphatic rings. The molecule has 1 saturated heterocycles. The number of nitrogens with one attached hydrogen (secondary N) is 3. The van der Waals surface area contributed by atoms with Crippen molar-refractivity contribution in [3.8, 4) is 11.1 Å². The molecule has 0 unspecified atom stereocenters. The lowest BCUT2D eigenvalue weighted by Gasteiger charge is -2.27. The number of piperidine rings is 1. The van der Waals surface area contributed by atoms with E-state index in [1.807, 2.05) is 24.4 Å².